The van der Waals surface area contributed by atoms with Crippen LogP contribution >= 0.6 is 11.3 Å². The molecular formula is C19H13ClF6N2S. The minimum Gasteiger partial charge on any atom is -1.00 e. The minimum absolute atomic E-state index is 0. The Labute approximate surface area is 171 Å². The molecule has 154 valence electrons. The van der Waals surface area contributed by atoms with Crippen molar-refractivity contribution in [1.82, 2.24) is 4.40 Å². The maximum Gasteiger partial charge on any atom is 0.416 e. The van der Waals surface area contributed by atoms with Gasteiger partial charge < -0.3 is 12.4 Å². The van der Waals surface area contributed by atoms with Crippen LogP contribution < -0.4 is 17.0 Å². The van der Waals surface area contributed by atoms with Crippen molar-refractivity contribution in [3.8, 4) is 0 Å². The lowest BCUT2D eigenvalue weighted by atomic mass is 10.0. The van der Waals surface area contributed by atoms with E-state index in [1.165, 1.54) is 11.3 Å². The summed E-state index contributed by atoms with van der Waals surface area (Å²) in [6, 6.07) is 8.99. The summed E-state index contributed by atoms with van der Waals surface area (Å²) in [5.74, 6) is 0. The normalized spacial score (nSPS) is 12.5. The molecule has 0 aliphatic rings. The van der Waals surface area contributed by atoms with Gasteiger partial charge in [-0.15, -0.1) is 0 Å². The van der Waals surface area contributed by atoms with E-state index in [9.17, 15) is 26.3 Å². The number of benzene rings is 2. The number of thiazole rings is 1. The Morgan fingerprint density at radius 3 is 2.10 bits per heavy atom. The van der Waals surface area contributed by atoms with Gasteiger partial charge >= 0.3 is 17.3 Å². The van der Waals surface area contributed by atoms with Crippen molar-refractivity contribution in [1.29, 1.82) is 0 Å². The molecule has 4 rings (SSSR count). The summed E-state index contributed by atoms with van der Waals surface area (Å²) >= 11 is 1.39. The predicted octanol–water partition coefficient (Wildman–Crippen LogP) is 2.84. The van der Waals surface area contributed by atoms with Crippen LogP contribution in [0.2, 0.25) is 0 Å². The van der Waals surface area contributed by atoms with Crippen LogP contribution in [0.4, 0.5) is 26.3 Å². The van der Waals surface area contributed by atoms with Gasteiger partial charge in [-0.2, -0.15) is 30.7 Å². The van der Waals surface area contributed by atoms with E-state index < -0.39 is 23.5 Å². The van der Waals surface area contributed by atoms with Gasteiger partial charge in [0, 0.05) is 5.38 Å². The number of hydrogen-bond acceptors (Lipinski definition) is 1. The van der Waals surface area contributed by atoms with E-state index >= 15 is 0 Å². The van der Waals surface area contributed by atoms with Crippen molar-refractivity contribution in [2.24, 2.45) is 0 Å². The zero-order valence-electron chi connectivity index (χ0n) is 14.8. The van der Waals surface area contributed by atoms with Gasteiger partial charge in [0.25, 0.3) is 0 Å². The SMILES string of the molecule is Cc1csc2n1c1ccccc1[n+]2Cc1cc(C(F)(F)F)cc(C(F)(F)F)c1.[Cl-]. The minimum atomic E-state index is -4.86. The predicted molar refractivity (Wildman–Crippen MR) is 93.3 cm³/mol. The molecule has 0 spiro atoms. The number of para-hydroxylation sites is 2. The Hall–Kier alpha value is -2.26. The van der Waals surface area contributed by atoms with E-state index in [0.717, 1.165) is 33.8 Å². The molecule has 29 heavy (non-hydrogen) atoms. The van der Waals surface area contributed by atoms with Crippen LogP contribution in [0, 0.1) is 6.92 Å². The largest absolute Gasteiger partial charge is 1.00 e. The first-order valence-electron chi connectivity index (χ1n) is 8.21. The molecule has 2 aromatic heterocycles. The summed E-state index contributed by atoms with van der Waals surface area (Å²) in [6.45, 7) is 1.79. The molecule has 0 bridgehead atoms. The number of alkyl halides is 6. The molecule has 0 atom stereocenters. The van der Waals surface area contributed by atoms with Crippen molar-refractivity contribution in [3.63, 3.8) is 0 Å². The lowest BCUT2D eigenvalue weighted by molar-refractivity contribution is -0.634. The molecule has 0 saturated carbocycles. The van der Waals surface area contributed by atoms with Crippen molar-refractivity contribution < 1.29 is 43.3 Å². The first-order chi connectivity index (χ1) is 13.1. The smallest absolute Gasteiger partial charge is 0.416 e. The molecule has 0 aliphatic heterocycles. The molecule has 4 aromatic rings. The molecule has 0 saturated heterocycles. The van der Waals surface area contributed by atoms with Gasteiger partial charge in [0.1, 0.15) is 12.2 Å². The lowest BCUT2D eigenvalue weighted by Crippen LogP contribution is -3.00. The van der Waals surface area contributed by atoms with Gasteiger partial charge in [-0.1, -0.05) is 23.5 Å². The first-order valence-corrected chi connectivity index (χ1v) is 9.09. The third-order valence-corrected chi connectivity index (χ3v) is 5.58. The van der Waals surface area contributed by atoms with Crippen molar-refractivity contribution in [3.05, 3.63) is 70.2 Å². The van der Waals surface area contributed by atoms with Crippen LogP contribution in [0.15, 0.2) is 47.8 Å². The molecule has 10 heteroatoms. The quantitative estimate of drug-likeness (QED) is 0.328. The maximum atomic E-state index is 13.1. The monoisotopic (exact) mass is 450 g/mol. The lowest BCUT2D eigenvalue weighted by Gasteiger charge is -2.13. The van der Waals surface area contributed by atoms with Gasteiger partial charge in [0.05, 0.1) is 11.1 Å². The highest BCUT2D eigenvalue weighted by molar-refractivity contribution is 7.14. The molecule has 0 amide bonds. The Bertz CT molecular complexity index is 1160. The Morgan fingerprint density at radius 2 is 1.52 bits per heavy atom. The fourth-order valence-corrected chi connectivity index (χ4v) is 4.32. The van der Waals surface area contributed by atoms with Gasteiger partial charge in [0.2, 0.25) is 0 Å². The van der Waals surface area contributed by atoms with Crippen LogP contribution in [-0.2, 0) is 18.9 Å². The highest BCUT2D eigenvalue weighted by Gasteiger charge is 2.37. The molecule has 2 aromatic carbocycles. The molecule has 0 fully saturated rings. The summed E-state index contributed by atoms with van der Waals surface area (Å²) in [4.78, 5) is 0.740. The number of imidazole rings is 1. The average Bonchev–Trinajstić information content (AvgIpc) is 3.13. The number of halogens is 7. The summed E-state index contributed by atoms with van der Waals surface area (Å²) < 4.78 is 82.6. The topological polar surface area (TPSA) is 8.29 Å². The van der Waals surface area contributed by atoms with E-state index in [2.05, 4.69) is 0 Å². The number of fused-ring (bicyclic) bond motifs is 3. The molecule has 0 N–H and O–H groups in total. The van der Waals surface area contributed by atoms with Crippen molar-refractivity contribution >= 4 is 27.3 Å². The third kappa shape index (κ3) is 3.81. The van der Waals surface area contributed by atoms with Gasteiger partial charge in [-0.25, -0.2) is 4.57 Å². The number of rotatable bonds is 2. The molecule has 0 radical (unpaired) electrons. The standard InChI is InChI=1S/C19H13F6N2S.ClH/c1-11-10-28-17-26(15-4-2-3-5-16(15)27(11)17)9-12-6-13(18(20,21)22)8-14(7-12)19(23,24)25;/h2-8,10H,9H2,1H3;1H/q+1;/p-1. The number of nitrogens with zero attached hydrogens (tertiary/aromatic N) is 2. The average molecular weight is 451 g/mol. The molecule has 2 nitrogen and oxygen atoms in total. The van der Waals surface area contributed by atoms with Gasteiger partial charge in [-0.3, -0.25) is 0 Å². The van der Waals surface area contributed by atoms with Crippen LogP contribution in [0.25, 0.3) is 16.0 Å². The Kier molecular flexibility index (Phi) is 5.33. The molecular weight excluding hydrogens is 438 g/mol. The van der Waals surface area contributed by atoms with E-state index in [-0.39, 0.29) is 30.6 Å². The highest BCUT2D eigenvalue weighted by Crippen LogP contribution is 2.36. The van der Waals surface area contributed by atoms with Crippen molar-refractivity contribution in [2.75, 3.05) is 0 Å². The van der Waals surface area contributed by atoms with E-state index in [1.54, 1.807) is 16.7 Å². The van der Waals surface area contributed by atoms with Crippen LogP contribution in [0.1, 0.15) is 22.4 Å². The number of hydrogen-bond donors (Lipinski definition) is 0. The highest BCUT2D eigenvalue weighted by atomic mass is 35.5. The maximum absolute atomic E-state index is 13.1. The summed E-state index contributed by atoms with van der Waals surface area (Å²) in [7, 11) is 0. The first kappa shape index (κ1) is 21.4. The Morgan fingerprint density at radius 1 is 0.931 bits per heavy atom. The van der Waals surface area contributed by atoms with E-state index in [4.69, 9.17) is 0 Å². The summed E-state index contributed by atoms with van der Waals surface area (Å²) in [6.07, 6.45) is -9.73. The van der Waals surface area contributed by atoms with Crippen LogP contribution in [-0.4, -0.2) is 4.40 Å². The zero-order chi connectivity index (χ0) is 20.3. The van der Waals surface area contributed by atoms with E-state index in [0.29, 0.717) is 0 Å². The fourth-order valence-electron chi connectivity index (χ4n) is 3.30. The molecule has 0 aliphatic carbocycles. The number of aromatic nitrogens is 2. The second-order valence-corrected chi connectivity index (χ2v) is 7.32. The molecule has 0 unspecified atom stereocenters. The summed E-state index contributed by atoms with van der Waals surface area (Å²) in [5.41, 5.74) is -0.144. The summed E-state index contributed by atoms with van der Waals surface area (Å²) in [5, 5.41) is 1.89. The van der Waals surface area contributed by atoms with E-state index in [1.807, 2.05) is 28.8 Å². The number of aryl methyl sites for hydroxylation is 1. The van der Waals surface area contributed by atoms with Gasteiger partial charge in [-0.05, 0) is 42.8 Å². The van der Waals surface area contributed by atoms with Crippen LogP contribution in [0.3, 0.4) is 0 Å². The second-order valence-electron chi connectivity index (χ2n) is 6.48. The van der Waals surface area contributed by atoms with Gasteiger partial charge in [0.15, 0.2) is 11.0 Å². The third-order valence-electron chi connectivity index (χ3n) is 4.51. The fraction of sp³-hybridized carbons (Fsp3) is 0.211. The second kappa shape index (κ2) is 7.21. The Balaban J connectivity index is 0.00000240. The zero-order valence-corrected chi connectivity index (χ0v) is 16.3. The molecule has 2 heterocycles. The van der Waals surface area contributed by atoms with Crippen molar-refractivity contribution in [2.45, 2.75) is 25.8 Å². The van der Waals surface area contributed by atoms with Crippen LogP contribution in [0.5, 0.6) is 0 Å².